The van der Waals surface area contributed by atoms with Crippen LogP contribution < -0.4 is 10.6 Å². The van der Waals surface area contributed by atoms with Gasteiger partial charge in [-0.1, -0.05) is 25.1 Å². The number of carbonyl (C=O) groups excluding carboxylic acids is 3. The third-order valence-electron chi connectivity index (χ3n) is 4.48. The van der Waals surface area contributed by atoms with Gasteiger partial charge in [0.25, 0.3) is 5.91 Å². The topological polar surface area (TPSA) is 84.5 Å². The molecule has 146 valence electrons. The van der Waals surface area contributed by atoms with E-state index in [2.05, 4.69) is 10.6 Å². The number of nitrogens with one attached hydrogen (secondary N) is 2. The summed E-state index contributed by atoms with van der Waals surface area (Å²) in [6, 6.07) is 10.8. The molecule has 1 unspecified atom stereocenters. The minimum absolute atomic E-state index is 0.104. The molecule has 28 heavy (non-hydrogen) atoms. The maximum atomic E-state index is 12.3. The zero-order chi connectivity index (χ0) is 20.3. The van der Waals surface area contributed by atoms with Crippen LogP contribution in [0.2, 0.25) is 0 Å². The van der Waals surface area contributed by atoms with Crippen molar-refractivity contribution in [1.82, 2.24) is 0 Å². The molecule has 0 radical (unpaired) electrons. The zero-order valence-corrected chi connectivity index (χ0v) is 16.8. The molecule has 0 bridgehead atoms. The van der Waals surface area contributed by atoms with Crippen LogP contribution >= 0.6 is 11.8 Å². The van der Waals surface area contributed by atoms with Crippen molar-refractivity contribution in [3.05, 3.63) is 53.1 Å². The smallest absolute Gasteiger partial charge is 0.338 e. The average molecular weight is 398 g/mol. The molecule has 0 spiro atoms. The van der Waals surface area contributed by atoms with Crippen molar-refractivity contribution < 1.29 is 19.1 Å². The fourth-order valence-corrected chi connectivity index (χ4v) is 3.86. The molecule has 0 saturated heterocycles. The van der Waals surface area contributed by atoms with Crippen molar-refractivity contribution in [2.45, 2.75) is 37.3 Å². The first-order valence-electron chi connectivity index (χ1n) is 9.06. The van der Waals surface area contributed by atoms with Crippen LogP contribution in [0.4, 0.5) is 11.4 Å². The second-order valence-electron chi connectivity index (χ2n) is 6.55. The standard InChI is InChI=1S/C21H22N2O4S/c1-4-14-7-5-6-12(2)19(14)23-18(24)11-27-21(26)15-8-9-17-16(10-15)22-20(25)13(3)28-17/h5-10,13H,4,11H2,1-3H3,(H,22,25)(H,23,24). The Balaban J connectivity index is 1.62. The third kappa shape index (κ3) is 4.36. The predicted octanol–water partition coefficient (Wildman–Crippen LogP) is 3.79. The summed E-state index contributed by atoms with van der Waals surface area (Å²) in [6.45, 7) is 5.37. The van der Waals surface area contributed by atoms with Gasteiger partial charge >= 0.3 is 5.97 Å². The summed E-state index contributed by atoms with van der Waals surface area (Å²) in [5.41, 5.74) is 3.60. The van der Waals surface area contributed by atoms with E-state index >= 15 is 0 Å². The van der Waals surface area contributed by atoms with Gasteiger partial charge in [-0.25, -0.2) is 4.79 Å². The van der Waals surface area contributed by atoms with Crippen LogP contribution in [0.5, 0.6) is 0 Å². The molecule has 0 aliphatic carbocycles. The van der Waals surface area contributed by atoms with Gasteiger partial charge < -0.3 is 15.4 Å². The summed E-state index contributed by atoms with van der Waals surface area (Å²) in [5.74, 6) is -1.11. The number of aryl methyl sites for hydroxylation is 2. The van der Waals surface area contributed by atoms with Gasteiger partial charge in [0.15, 0.2) is 6.61 Å². The van der Waals surface area contributed by atoms with Crippen LogP contribution in [0.15, 0.2) is 41.3 Å². The molecule has 2 aromatic carbocycles. The van der Waals surface area contributed by atoms with E-state index in [1.165, 1.54) is 11.8 Å². The number of rotatable bonds is 5. The summed E-state index contributed by atoms with van der Waals surface area (Å²) in [6.07, 6.45) is 0.786. The lowest BCUT2D eigenvalue weighted by Crippen LogP contribution is -2.26. The van der Waals surface area contributed by atoms with Crippen molar-refractivity contribution in [3.8, 4) is 0 Å². The van der Waals surface area contributed by atoms with Crippen LogP contribution in [-0.4, -0.2) is 29.6 Å². The summed E-state index contributed by atoms with van der Waals surface area (Å²) in [4.78, 5) is 37.2. The Kier molecular flexibility index (Phi) is 6.04. The lowest BCUT2D eigenvalue weighted by atomic mass is 10.1. The van der Waals surface area contributed by atoms with E-state index in [0.29, 0.717) is 5.69 Å². The molecule has 1 atom stereocenters. The van der Waals surface area contributed by atoms with E-state index in [1.807, 2.05) is 39.0 Å². The first-order valence-corrected chi connectivity index (χ1v) is 9.94. The number of esters is 1. The Morgan fingerprint density at radius 1 is 1.25 bits per heavy atom. The quantitative estimate of drug-likeness (QED) is 0.749. The van der Waals surface area contributed by atoms with E-state index < -0.39 is 11.9 Å². The second-order valence-corrected chi connectivity index (χ2v) is 7.93. The molecule has 3 rings (SSSR count). The van der Waals surface area contributed by atoms with Gasteiger partial charge in [0.05, 0.1) is 16.5 Å². The Morgan fingerprint density at radius 3 is 2.79 bits per heavy atom. The van der Waals surface area contributed by atoms with Gasteiger partial charge in [-0.05, 0) is 49.6 Å². The molecule has 1 heterocycles. The van der Waals surface area contributed by atoms with Gasteiger partial charge in [0.2, 0.25) is 5.91 Å². The maximum absolute atomic E-state index is 12.3. The molecule has 0 saturated carbocycles. The van der Waals surface area contributed by atoms with Crippen molar-refractivity contribution in [1.29, 1.82) is 0 Å². The number of para-hydroxylation sites is 1. The second kappa shape index (κ2) is 8.48. The molecular formula is C21H22N2O4S. The Bertz CT molecular complexity index is 942. The number of thioether (sulfide) groups is 1. The largest absolute Gasteiger partial charge is 0.452 e. The molecule has 7 heteroatoms. The normalized spacial score (nSPS) is 15.4. The Labute approximate surface area is 168 Å². The SMILES string of the molecule is CCc1cccc(C)c1NC(=O)COC(=O)c1ccc2c(c1)NC(=O)C(C)S2. The van der Waals surface area contributed by atoms with E-state index in [1.54, 1.807) is 18.2 Å². The minimum atomic E-state index is -0.615. The maximum Gasteiger partial charge on any atom is 0.338 e. The van der Waals surface area contributed by atoms with Crippen LogP contribution in [0.3, 0.4) is 0 Å². The Morgan fingerprint density at radius 2 is 2.04 bits per heavy atom. The number of amides is 2. The zero-order valence-electron chi connectivity index (χ0n) is 16.0. The highest BCUT2D eigenvalue weighted by Gasteiger charge is 2.24. The monoisotopic (exact) mass is 398 g/mol. The van der Waals surface area contributed by atoms with Crippen LogP contribution in [0.25, 0.3) is 0 Å². The number of hydrogen-bond acceptors (Lipinski definition) is 5. The predicted molar refractivity (Wildman–Crippen MR) is 110 cm³/mol. The van der Waals surface area contributed by atoms with Gasteiger partial charge in [0.1, 0.15) is 0 Å². The van der Waals surface area contributed by atoms with Crippen LogP contribution in [0.1, 0.15) is 35.3 Å². The molecule has 6 nitrogen and oxygen atoms in total. The van der Waals surface area contributed by atoms with E-state index in [-0.39, 0.29) is 23.3 Å². The lowest BCUT2D eigenvalue weighted by molar-refractivity contribution is -0.119. The highest BCUT2D eigenvalue weighted by Crippen LogP contribution is 2.36. The van der Waals surface area contributed by atoms with Crippen LogP contribution in [-0.2, 0) is 20.7 Å². The van der Waals surface area contributed by atoms with Crippen LogP contribution in [0, 0.1) is 6.92 Å². The lowest BCUT2D eigenvalue weighted by Gasteiger charge is -2.21. The fourth-order valence-electron chi connectivity index (χ4n) is 2.93. The van der Waals surface area contributed by atoms with E-state index in [9.17, 15) is 14.4 Å². The minimum Gasteiger partial charge on any atom is -0.452 e. The van der Waals surface area contributed by atoms with Gasteiger partial charge in [0, 0.05) is 10.6 Å². The van der Waals surface area contributed by atoms with Gasteiger partial charge in [-0.15, -0.1) is 11.8 Å². The molecule has 0 fully saturated rings. The number of carbonyl (C=O) groups is 3. The molecule has 2 aromatic rings. The van der Waals surface area contributed by atoms with Crippen molar-refractivity contribution in [2.24, 2.45) is 0 Å². The molecule has 2 N–H and O–H groups in total. The van der Waals surface area contributed by atoms with Crippen molar-refractivity contribution >= 4 is 40.9 Å². The molecular weight excluding hydrogens is 376 g/mol. The van der Waals surface area contributed by atoms with E-state index in [0.717, 1.165) is 28.1 Å². The molecule has 2 amide bonds. The first kappa shape index (κ1) is 19.9. The number of anilines is 2. The average Bonchev–Trinajstić information content (AvgIpc) is 2.68. The summed E-state index contributed by atoms with van der Waals surface area (Å²) >= 11 is 1.44. The fraction of sp³-hybridized carbons (Fsp3) is 0.286. The number of benzene rings is 2. The molecule has 1 aliphatic rings. The summed E-state index contributed by atoms with van der Waals surface area (Å²) in [5, 5.41) is 5.42. The summed E-state index contributed by atoms with van der Waals surface area (Å²) < 4.78 is 5.14. The Hall–Kier alpha value is -2.80. The molecule has 1 aliphatic heterocycles. The molecule has 0 aromatic heterocycles. The first-order chi connectivity index (χ1) is 13.4. The van der Waals surface area contributed by atoms with Crippen molar-refractivity contribution in [2.75, 3.05) is 17.2 Å². The van der Waals surface area contributed by atoms with Gasteiger partial charge in [-0.2, -0.15) is 0 Å². The number of fused-ring (bicyclic) bond motifs is 1. The van der Waals surface area contributed by atoms with E-state index in [4.69, 9.17) is 4.74 Å². The number of ether oxygens (including phenoxy) is 1. The third-order valence-corrected chi connectivity index (χ3v) is 5.66. The number of hydrogen-bond donors (Lipinski definition) is 2. The highest BCUT2D eigenvalue weighted by molar-refractivity contribution is 8.00. The highest BCUT2D eigenvalue weighted by atomic mass is 32.2. The van der Waals surface area contributed by atoms with Gasteiger partial charge in [-0.3, -0.25) is 9.59 Å². The van der Waals surface area contributed by atoms with Crippen molar-refractivity contribution in [3.63, 3.8) is 0 Å². The summed E-state index contributed by atoms with van der Waals surface area (Å²) in [7, 11) is 0.